The molecule has 0 aliphatic heterocycles. The molecule has 0 saturated carbocycles. The molecule has 0 heterocycles. The molecule has 0 atom stereocenters. The van der Waals surface area contributed by atoms with Gasteiger partial charge in [-0.15, -0.1) is 0 Å². The first-order chi connectivity index (χ1) is 23.6. The molecule has 0 spiro atoms. The fourth-order valence-corrected chi connectivity index (χ4v) is 9.27. The molecule has 0 saturated heterocycles. The van der Waals surface area contributed by atoms with Crippen LogP contribution in [0.15, 0.2) is 0 Å². The zero-order chi connectivity index (χ0) is 35.2. The summed E-state index contributed by atoms with van der Waals surface area (Å²) in [4.78, 5) is 5.07. The van der Waals surface area contributed by atoms with Gasteiger partial charge in [0.15, 0.2) is 0 Å². The van der Waals surface area contributed by atoms with Gasteiger partial charge in [0.25, 0.3) is 0 Å². The Bertz CT molecular complexity index is 578. The molecule has 0 N–H and O–H groups in total. The monoisotopic (exact) mass is 745 g/mol. The second-order valence-electron chi connectivity index (χ2n) is 14.6. The maximum Gasteiger partial charge on any atom is 0.147 e. The van der Waals surface area contributed by atoms with E-state index in [0.717, 1.165) is 34.8 Å². The van der Waals surface area contributed by atoms with Crippen LogP contribution in [0.1, 0.15) is 233 Å². The zero-order valence-corrected chi connectivity index (χ0v) is 36.2. The molecule has 0 aromatic heterocycles. The number of thiocarbonyl (C=S) groups is 2. The van der Waals surface area contributed by atoms with Crippen LogP contribution >= 0.6 is 46.0 Å². The molecule has 48 heavy (non-hydrogen) atoms. The van der Waals surface area contributed by atoms with E-state index in [0.29, 0.717) is 0 Å². The normalized spacial score (nSPS) is 11.3. The Morgan fingerprint density at radius 1 is 0.292 bits per heavy atom. The van der Waals surface area contributed by atoms with Crippen molar-refractivity contribution in [1.82, 2.24) is 9.80 Å². The SMILES string of the molecule is CCCCCCCCCCN(CCCCCCCCCC)C(=S)SSC(=S)N(CCCCCCCCCC)CCCCCCCCCC. The molecular formula is C42H84N2S4. The highest BCUT2D eigenvalue weighted by Crippen LogP contribution is 2.30. The Morgan fingerprint density at radius 3 is 0.646 bits per heavy atom. The first-order valence-corrected chi connectivity index (χ1v) is 24.5. The number of nitrogens with zero attached hydrogens (tertiary/aromatic N) is 2. The summed E-state index contributed by atoms with van der Waals surface area (Å²) in [7, 11) is 3.55. The van der Waals surface area contributed by atoms with E-state index in [-0.39, 0.29) is 0 Å². The largest absolute Gasteiger partial charge is 0.357 e. The highest BCUT2D eigenvalue weighted by molar-refractivity contribution is 8.89. The molecule has 0 bridgehead atoms. The van der Waals surface area contributed by atoms with Crippen LogP contribution < -0.4 is 0 Å². The average Bonchev–Trinajstić information content (AvgIpc) is 3.09. The van der Waals surface area contributed by atoms with Crippen LogP contribution in [0.25, 0.3) is 0 Å². The Kier molecular flexibility index (Phi) is 40.7. The van der Waals surface area contributed by atoms with Crippen molar-refractivity contribution in [3.8, 4) is 0 Å². The van der Waals surface area contributed by atoms with Crippen molar-refractivity contribution in [2.24, 2.45) is 0 Å². The van der Waals surface area contributed by atoms with Gasteiger partial charge in [-0.3, -0.25) is 0 Å². The maximum absolute atomic E-state index is 6.10. The molecule has 0 aliphatic rings. The van der Waals surface area contributed by atoms with Crippen LogP contribution in [-0.4, -0.2) is 44.6 Å². The third-order valence-electron chi connectivity index (χ3n) is 9.83. The first kappa shape index (κ1) is 48.5. The maximum atomic E-state index is 6.10. The molecular weight excluding hydrogens is 661 g/mol. The van der Waals surface area contributed by atoms with E-state index in [9.17, 15) is 0 Å². The molecule has 0 amide bonds. The summed E-state index contributed by atoms with van der Waals surface area (Å²) in [5.74, 6) is 0. The van der Waals surface area contributed by atoms with Crippen LogP contribution in [0.5, 0.6) is 0 Å². The van der Waals surface area contributed by atoms with Gasteiger partial charge in [-0.25, -0.2) is 0 Å². The highest BCUT2D eigenvalue weighted by Gasteiger charge is 2.15. The van der Waals surface area contributed by atoms with Gasteiger partial charge in [-0.05, 0) is 47.3 Å². The lowest BCUT2D eigenvalue weighted by Gasteiger charge is -2.27. The molecule has 2 nitrogen and oxygen atoms in total. The minimum Gasteiger partial charge on any atom is -0.357 e. The van der Waals surface area contributed by atoms with Gasteiger partial charge in [-0.2, -0.15) is 0 Å². The van der Waals surface area contributed by atoms with Gasteiger partial charge in [0.1, 0.15) is 8.64 Å². The second kappa shape index (κ2) is 40.3. The molecule has 0 aliphatic carbocycles. The van der Waals surface area contributed by atoms with E-state index in [1.54, 1.807) is 21.6 Å². The van der Waals surface area contributed by atoms with Crippen molar-refractivity contribution in [3.63, 3.8) is 0 Å². The minimum atomic E-state index is 1.06. The number of unbranched alkanes of at least 4 members (excludes halogenated alkanes) is 28. The molecule has 0 fully saturated rings. The van der Waals surface area contributed by atoms with Gasteiger partial charge in [0, 0.05) is 26.2 Å². The third-order valence-corrected chi connectivity index (χ3v) is 13.6. The summed E-state index contributed by atoms with van der Waals surface area (Å²) in [6.07, 6.45) is 43.7. The van der Waals surface area contributed by atoms with Gasteiger partial charge in [0.2, 0.25) is 0 Å². The zero-order valence-electron chi connectivity index (χ0n) is 33.0. The van der Waals surface area contributed by atoms with E-state index in [1.165, 1.54) is 205 Å². The van der Waals surface area contributed by atoms with Gasteiger partial charge < -0.3 is 9.80 Å². The lowest BCUT2D eigenvalue weighted by atomic mass is 10.1. The molecule has 0 radical (unpaired) electrons. The average molecular weight is 745 g/mol. The quantitative estimate of drug-likeness (QED) is 0.0355. The van der Waals surface area contributed by atoms with Crippen LogP contribution in [-0.2, 0) is 0 Å². The number of rotatable bonds is 36. The predicted octanol–water partition coefficient (Wildman–Crippen LogP) is 16.1. The lowest BCUT2D eigenvalue weighted by molar-refractivity contribution is 0.394. The Morgan fingerprint density at radius 2 is 0.458 bits per heavy atom. The fraction of sp³-hybridized carbons (Fsp3) is 0.952. The van der Waals surface area contributed by atoms with E-state index >= 15 is 0 Å². The standard InChI is InChI=1S/C42H84N2S4/c1-5-9-13-17-21-25-29-33-37-43(38-34-30-26-22-18-14-10-6-2)41(45)47-48-42(46)44(39-35-31-27-23-19-15-11-7-3)40-36-32-28-24-20-16-12-8-4/h5-40H2,1-4H3. The first-order valence-electron chi connectivity index (χ1n) is 21.5. The topological polar surface area (TPSA) is 6.48 Å². The van der Waals surface area contributed by atoms with E-state index < -0.39 is 0 Å². The molecule has 286 valence electrons. The Labute approximate surface area is 322 Å². The predicted molar refractivity (Wildman–Crippen MR) is 234 cm³/mol. The summed E-state index contributed by atoms with van der Waals surface area (Å²) in [5, 5.41) is 0. The van der Waals surface area contributed by atoms with Crippen molar-refractivity contribution < 1.29 is 0 Å². The van der Waals surface area contributed by atoms with Gasteiger partial charge in [-0.1, -0.05) is 232 Å². The summed E-state index contributed by atoms with van der Waals surface area (Å²) in [5.41, 5.74) is 0. The molecule has 0 rings (SSSR count). The molecule has 0 aromatic carbocycles. The van der Waals surface area contributed by atoms with Crippen LogP contribution in [0, 0.1) is 0 Å². The third kappa shape index (κ3) is 33.6. The second-order valence-corrected chi connectivity index (χ2v) is 18.0. The lowest BCUT2D eigenvalue weighted by Crippen LogP contribution is -2.31. The summed E-state index contributed by atoms with van der Waals surface area (Å²) in [6.45, 7) is 13.7. The van der Waals surface area contributed by atoms with E-state index in [4.69, 9.17) is 24.4 Å². The smallest absolute Gasteiger partial charge is 0.147 e. The van der Waals surface area contributed by atoms with E-state index in [2.05, 4.69) is 37.5 Å². The minimum absolute atomic E-state index is 1.06. The highest BCUT2D eigenvalue weighted by atomic mass is 33.1. The van der Waals surface area contributed by atoms with Crippen LogP contribution in [0.2, 0.25) is 0 Å². The molecule has 6 heteroatoms. The summed E-state index contributed by atoms with van der Waals surface area (Å²) < 4.78 is 2.12. The van der Waals surface area contributed by atoms with Crippen LogP contribution in [0.4, 0.5) is 0 Å². The van der Waals surface area contributed by atoms with Crippen molar-refractivity contribution in [1.29, 1.82) is 0 Å². The summed E-state index contributed by atoms with van der Waals surface area (Å²) in [6, 6.07) is 0. The number of hydrogen-bond donors (Lipinski definition) is 0. The van der Waals surface area contributed by atoms with Crippen molar-refractivity contribution >= 4 is 54.7 Å². The fourth-order valence-electron chi connectivity index (χ4n) is 6.51. The van der Waals surface area contributed by atoms with Gasteiger partial charge in [0.05, 0.1) is 0 Å². The number of hydrogen-bond acceptors (Lipinski definition) is 4. The van der Waals surface area contributed by atoms with E-state index in [1.807, 2.05) is 0 Å². The van der Waals surface area contributed by atoms with Crippen molar-refractivity contribution in [2.45, 2.75) is 233 Å². The van der Waals surface area contributed by atoms with Crippen molar-refractivity contribution in [3.05, 3.63) is 0 Å². The van der Waals surface area contributed by atoms with Crippen LogP contribution in [0.3, 0.4) is 0 Å². The van der Waals surface area contributed by atoms with Gasteiger partial charge >= 0.3 is 0 Å². The Hall–Kier alpha value is 0.480. The molecule has 0 aromatic rings. The Balaban J connectivity index is 4.83. The van der Waals surface area contributed by atoms with Crippen molar-refractivity contribution in [2.75, 3.05) is 26.2 Å². The summed E-state index contributed by atoms with van der Waals surface area (Å²) >= 11 is 12.2. The molecule has 0 unspecified atom stereocenters.